The number of fused-ring (bicyclic) bond motifs is 1. The monoisotopic (exact) mass is 269 g/mol. The van der Waals surface area contributed by atoms with Crippen LogP contribution in [-0.2, 0) is 13.0 Å². The number of hydrogen-bond acceptors (Lipinski definition) is 3. The molecule has 0 bridgehead atoms. The third-order valence-corrected chi connectivity index (χ3v) is 2.70. The molecule has 0 atom stereocenters. The lowest BCUT2D eigenvalue weighted by atomic mass is 10.4. The molecular weight excluding hydrogens is 258 g/mol. The lowest BCUT2D eigenvalue weighted by Crippen LogP contribution is -2.06. The second kappa shape index (κ2) is 4.28. The summed E-state index contributed by atoms with van der Waals surface area (Å²) in [5.74, 6) is 0.963. The first-order valence-electron chi connectivity index (χ1n) is 4.87. The van der Waals surface area contributed by atoms with Crippen molar-refractivity contribution >= 4 is 27.1 Å². The number of aliphatic hydroxyl groups is 1. The Labute approximate surface area is 96.1 Å². The van der Waals surface area contributed by atoms with Gasteiger partial charge in [0.25, 0.3) is 0 Å². The molecule has 0 unspecified atom stereocenters. The number of halogens is 1. The Morgan fingerprint density at radius 2 is 2.33 bits per heavy atom. The molecule has 0 amide bonds. The van der Waals surface area contributed by atoms with E-state index in [-0.39, 0.29) is 6.61 Å². The van der Waals surface area contributed by atoms with Crippen LogP contribution in [0.3, 0.4) is 0 Å². The van der Waals surface area contributed by atoms with Crippen molar-refractivity contribution in [3.05, 3.63) is 22.6 Å². The number of aromatic nitrogens is 3. The average Bonchev–Trinajstić information content (AvgIpc) is 2.56. The standard InChI is InChI=1S/C10H12BrN3O/c1-2-9-13-8-5-7(11)6-12-10(8)14(9)3-4-15/h5-6,15H,2-4H2,1H3. The quantitative estimate of drug-likeness (QED) is 0.924. The smallest absolute Gasteiger partial charge is 0.160 e. The van der Waals surface area contributed by atoms with Crippen LogP contribution in [0.1, 0.15) is 12.7 Å². The SMILES string of the molecule is CCc1nc2cc(Br)cnc2n1CCO. The normalized spacial score (nSPS) is 11.1. The maximum Gasteiger partial charge on any atom is 0.160 e. The van der Waals surface area contributed by atoms with Crippen LogP contribution < -0.4 is 0 Å². The summed E-state index contributed by atoms with van der Waals surface area (Å²) < 4.78 is 2.88. The Balaban J connectivity index is 2.63. The number of aryl methyl sites for hydroxylation is 1. The molecule has 2 rings (SSSR count). The number of rotatable bonds is 3. The first-order chi connectivity index (χ1) is 7.26. The van der Waals surface area contributed by atoms with Crippen LogP contribution in [0.5, 0.6) is 0 Å². The van der Waals surface area contributed by atoms with Gasteiger partial charge in [0, 0.05) is 23.6 Å². The zero-order chi connectivity index (χ0) is 10.8. The maximum atomic E-state index is 8.99. The third-order valence-electron chi connectivity index (χ3n) is 2.27. The van der Waals surface area contributed by atoms with Gasteiger partial charge in [0.1, 0.15) is 11.3 Å². The van der Waals surface area contributed by atoms with E-state index in [1.165, 1.54) is 0 Å². The number of pyridine rings is 1. The van der Waals surface area contributed by atoms with Gasteiger partial charge in [-0.2, -0.15) is 0 Å². The van der Waals surface area contributed by atoms with Crippen LogP contribution in [0.25, 0.3) is 11.2 Å². The minimum absolute atomic E-state index is 0.107. The van der Waals surface area contributed by atoms with Crippen molar-refractivity contribution in [3.8, 4) is 0 Å². The molecule has 0 radical (unpaired) electrons. The number of aliphatic hydroxyl groups excluding tert-OH is 1. The molecule has 15 heavy (non-hydrogen) atoms. The van der Waals surface area contributed by atoms with Gasteiger partial charge < -0.3 is 9.67 Å². The van der Waals surface area contributed by atoms with Crippen molar-refractivity contribution in [3.63, 3.8) is 0 Å². The molecule has 0 spiro atoms. The topological polar surface area (TPSA) is 50.9 Å². The zero-order valence-corrected chi connectivity index (χ0v) is 10.0. The lowest BCUT2D eigenvalue weighted by molar-refractivity contribution is 0.276. The van der Waals surface area contributed by atoms with Gasteiger partial charge >= 0.3 is 0 Å². The molecule has 1 N–H and O–H groups in total. The highest BCUT2D eigenvalue weighted by Gasteiger charge is 2.09. The Kier molecular flexibility index (Phi) is 3.02. The van der Waals surface area contributed by atoms with Crippen molar-refractivity contribution in [1.82, 2.24) is 14.5 Å². The van der Waals surface area contributed by atoms with E-state index in [9.17, 15) is 0 Å². The van der Waals surface area contributed by atoms with E-state index in [0.29, 0.717) is 6.54 Å². The summed E-state index contributed by atoms with van der Waals surface area (Å²) in [6, 6.07) is 1.94. The van der Waals surface area contributed by atoms with E-state index in [1.807, 2.05) is 17.6 Å². The summed E-state index contributed by atoms with van der Waals surface area (Å²) in [4.78, 5) is 8.78. The van der Waals surface area contributed by atoms with Crippen LogP contribution in [0, 0.1) is 0 Å². The van der Waals surface area contributed by atoms with Gasteiger partial charge in [-0.25, -0.2) is 9.97 Å². The highest BCUT2D eigenvalue weighted by molar-refractivity contribution is 9.10. The fourth-order valence-electron chi connectivity index (χ4n) is 1.64. The number of hydrogen-bond donors (Lipinski definition) is 1. The molecule has 0 aliphatic carbocycles. The second-order valence-electron chi connectivity index (χ2n) is 3.25. The van der Waals surface area contributed by atoms with E-state index in [1.54, 1.807) is 6.20 Å². The highest BCUT2D eigenvalue weighted by atomic mass is 79.9. The lowest BCUT2D eigenvalue weighted by Gasteiger charge is -2.03. The molecule has 0 saturated carbocycles. The Hall–Kier alpha value is -0.940. The first kappa shape index (κ1) is 10.6. The summed E-state index contributed by atoms with van der Waals surface area (Å²) >= 11 is 3.37. The summed E-state index contributed by atoms with van der Waals surface area (Å²) in [5.41, 5.74) is 1.71. The van der Waals surface area contributed by atoms with Gasteiger partial charge in [-0.1, -0.05) is 6.92 Å². The summed E-state index contributed by atoms with van der Waals surface area (Å²) in [7, 11) is 0. The van der Waals surface area contributed by atoms with E-state index in [4.69, 9.17) is 5.11 Å². The summed E-state index contributed by atoms with van der Waals surface area (Å²) in [5, 5.41) is 8.99. The van der Waals surface area contributed by atoms with Crippen molar-refractivity contribution in [2.24, 2.45) is 0 Å². The Bertz CT molecular complexity index is 481. The van der Waals surface area contributed by atoms with Crippen molar-refractivity contribution < 1.29 is 5.11 Å². The first-order valence-corrected chi connectivity index (χ1v) is 5.67. The molecule has 80 valence electrons. The molecule has 2 aromatic heterocycles. The molecule has 2 heterocycles. The minimum Gasteiger partial charge on any atom is -0.395 e. The van der Waals surface area contributed by atoms with Gasteiger partial charge in [0.2, 0.25) is 0 Å². The van der Waals surface area contributed by atoms with Crippen LogP contribution in [0.15, 0.2) is 16.7 Å². The van der Waals surface area contributed by atoms with Gasteiger partial charge in [0.15, 0.2) is 5.65 Å². The molecule has 2 aromatic rings. The molecule has 4 nitrogen and oxygen atoms in total. The van der Waals surface area contributed by atoms with Crippen molar-refractivity contribution in [2.75, 3.05) is 6.61 Å². The third kappa shape index (κ3) is 1.89. The van der Waals surface area contributed by atoms with Crippen LogP contribution in [0.2, 0.25) is 0 Å². The van der Waals surface area contributed by atoms with E-state index in [0.717, 1.165) is 27.9 Å². The molecular formula is C10H12BrN3O. The number of imidazole rings is 1. The number of nitrogens with zero attached hydrogens (tertiary/aromatic N) is 3. The molecule has 0 aliphatic heterocycles. The second-order valence-corrected chi connectivity index (χ2v) is 4.17. The Morgan fingerprint density at radius 1 is 1.53 bits per heavy atom. The minimum atomic E-state index is 0.107. The van der Waals surface area contributed by atoms with Gasteiger partial charge in [-0.05, 0) is 22.0 Å². The van der Waals surface area contributed by atoms with Crippen LogP contribution >= 0.6 is 15.9 Å². The fourth-order valence-corrected chi connectivity index (χ4v) is 1.96. The van der Waals surface area contributed by atoms with Gasteiger partial charge in [0.05, 0.1) is 6.61 Å². The zero-order valence-electron chi connectivity index (χ0n) is 8.44. The van der Waals surface area contributed by atoms with Gasteiger partial charge in [-0.15, -0.1) is 0 Å². The molecule has 0 saturated heterocycles. The van der Waals surface area contributed by atoms with E-state index >= 15 is 0 Å². The predicted octanol–water partition coefficient (Wildman–Crippen LogP) is 1.75. The fraction of sp³-hybridized carbons (Fsp3) is 0.400. The largest absolute Gasteiger partial charge is 0.395 e. The summed E-state index contributed by atoms with van der Waals surface area (Å²) in [6.07, 6.45) is 2.59. The molecule has 0 aromatic carbocycles. The van der Waals surface area contributed by atoms with Crippen LogP contribution in [-0.4, -0.2) is 26.2 Å². The maximum absolute atomic E-state index is 8.99. The molecule has 5 heteroatoms. The summed E-state index contributed by atoms with van der Waals surface area (Å²) in [6.45, 7) is 2.70. The average molecular weight is 270 g/mol. The van der Waals surface area contributed by atoms with E-state index < -0.39 is 0 Å². The van der Waals surface area contributed by atoms with Crippen molar-refractivity contribution in [2.45, 2.75) is 19.9 Å². The van der Waals surface area contributed by atoms with Crippen molar-refractivity contribution in [1.29, 1.82) is 0 Å². The van der Waals surface area contributed by atoms with E-state index in [2.05, 4.69) is 25.9 Å². The molecule has 0 fully saturated rings. The highest BCUT2D eigenvalue weighted by Crippen LogP contribution is 2.18. The Morgan fingerprint density at radius 3 is 3.00 bits per heavy atom. The van der Waals surface area contributed by atoms with Crippen LogP contribution in [0.4, 0.5) is 0 Å². The van der Waals surface area contributed by atoms with Gasteiger partial charge in [-0.3, -0.25) is 0 Å². The molecule has 0 aliphatic rings. The predicted molar refractivity (Wildman–Crippen MR) is 61.7 cm³/mol.